The summed E-state index contributed by atoms with van der Waals surface area (Å²) in [4.78, 5) is 22.4. The largest absolute Gasteiger partial charge is 0.467 e. The highest BCUT2D eigenvalue weighted by atomic mass is 32.2. The first kappa shape index (κ1) is 44.6. The van der Waals surface area contributed by atoms with E-state index in [1.165, 1.54) is 62.8 Å². The number of nitrogens with one attached hydrogen (secondary N) is 4. The molecule has 24 nitrogen and oxygen atoms in total. The molecule has 0 fully saturated rings. The van der Waals surface area contributed by atoms with Gasteiger partial charge in [0, 0.05) is 22.7 Å². The average molecular weight is 931 g/mol. The van der Waals surface area contributed by atoms with Gasteiger partial charge in [-0.05, 0) is 71.8 Å². The second-order valence-electron chi connectivity index (χ2n) is 12.2. The average Bonchev–Trinajstić information content (AvgIpc) is 3.19. The standard InChI is InChI=1S/C34H30N10O14S4/c1-57-33-41-29(35-21-5-3-7-25(15-21)59(45,46)47)39-31(43-33)37-23-13-11-19(27(17-23)61(51,52)53)9-10-20-12-14-24(18-28(20)62(54,55)56)38-32-40-30(42-34(44-32)58-2)36-22-6-4-8-26(16-22)60(48,49)50/h3-18H,1-2H3,(H,45,46,47)(H,48,49,50)(H,51,52,53)(H,54,55,56)(H2,35,37,39,41,43)(H2,36,38,40,42,44)/b10-9+. The molecular weight excluding hydrogens is 901 g/mol. The zero-order chi connectivity index (χ0) is 45.0. The molecule has 0 aliphatic carbocycles. The summed E-state index contributed by atoms with van der Waals surface area (Å²) in [6, 6.07) is 17.0. The van der Waals surface area contributed by atoms with E-state index in [9.17, 15) is 51.9 Å². The van der Waals surface area contributed by atoms with Crippen LogP contribution in [0.25, 0.3) is 12.2 Å². The van der Waals surface area contributed by atoms with Crippen LogP contribution < -0.4 is 30.7 Å². The zero-order valence-electron chi connectivity index (χ0n) is 31.4. The molecular formula is C34H30N10O14S4. The quantitative estimate of drug-likeness (QED) is 0.0498. The summed E-state index contributed by atoms with van der Waals surface area (Å²) in [5.41, 5.74) is 0.103. The molecule has 6 aromatic rings. The molecule has 0 radical (unpaired) electrons. The first-order valence-corrected chi connectivity index (χ1v) is 22.6. The van der Waals surface area contributed by atoms with Crippen molar-refractivity contribution in [2.45, 2.75) is 19.6 Å². The molecule has 0 saturated heterocycles. The minimum Gasteiger partial charge on any atom is -0.467 e. The second-order valence-corrected chi connectivity index (χ2v) is 17.9. The van der Waals surface area contributed by atoms with Gasteiger partial charge in [-0.25, -0.2) is 0 Å². The Morgan fingerprint density at radius 3 is 1.05 bits per heavy atom. The Labute approximate surface area is 352 Å². The molecule has 0 saturated carbocycles. The SMILES string of the molecule is COc1nc(Nc2cccc(S(=O)(=O)O)c2)nc(Nc2ccc(/C=C/c3ccc(Nc4nc(Nc5cccc(S(=O)(=O)O)c5)nc(OC)n4)cc3S(=O)(=O)O)c(S(=O)(=O)O)c2)n1. The Hall–Kier alpha value is -6.92. The smallest absolute Gasteiger partial charge is 0.322 e. The minimum absolute atomic E-state index is 0.0244. The third-order valence-electron chi connectivity index (χ3n) is 7.91. The van der Waals surface area contributed by atoms with Gasteiger partial charge in [-0.1, -0.05) is 36.4 Å². The molecule has 6 rings (SSSR count). The number of nitrogens with zero attached hydrogens (tertiary/aromatic N) is 6. The number of anilines is 8. The topological polar surface area (TPSA) is 361 Å². The van der Waals surface area contributed by atoms with E-state index >= 15 is 0 Å². The van der Waals surface area contributed by atoms with Gasteiger partial charge in [0.05, 0.1) is 24.0 Å². The van der Waals surface area contributed by atoms with E-state index in [-0.39, 0.29) is 69.7 Å². The molecule has 0 aliphatic rings. The summed E-state index contributed by atoms with van der Waals surface area (Å²) in [6.45, 7) is 0. The lowest BCUT2D eigenvalue weighted by molar-refractivity contribution is 0.379. The monoisotopic (exact) mass is 930 g/mol. The van der Waals surface area contributed by atoms with Crippen LogP contribution in [0, 0.1) is 0 Å². The Balaban J connectivity index is 1.26. The van der Waals surface area contributed by atoms with Crippen molar-refractivity contribution in [3.05, 3.63) is 96.1 Å². The van der Waals surface area contributed by atoms with Crippen molar-refractivity contribution in [3.63, 3.8) is 0 Å². The van der Waals surface area contributed by atoms with E-state index in [1.54, 1.807) is 0 Å². The first-order valence-electron chi connectivity index (χ1n) is 16.8. The maximum absolute atomic E-state index is 12.6. The van der Waals surface area contributed by atoms with Crippen LogP contribution in [-0.4, -0.2) is 96.0 Å². The van der Waals surface area contributed by atoms with Gasteiger partial charge in [-0.2, -0.15) is 63.6 Å². The molecule has 0 spiro atoms. The van der Waals surface area contributed by atoms with Crippen LogP contribution in [0.1, 0.15) is 11.1 Å². The van der Waals surface area contributed by atoms with Gasteiger partial charge in [0.1, 0.15) is 9.79 Å². The summed E-state index contributed by atoms with van der Waals surface area (Å²) in [5, 5.41) is 11.0. The Bertz CT molecular complexity index is 2980. The summed E-state index contributed by atoms with van der Waals surface area (Å²) < 4.78 is 146. The number of ether oxygens (including phenoxy) is 2. The summed E-state index contributed by atoms with van der Waals surface area (Å²) in [5.74, 6) is -0.715. The van der Waals surface area contributed by atoms with Crippen molar-refractivity contribution in [1.29, 1.82) is 0 Å². The molecule has 62 heavy (non-hydrogen) atoms. The van der Waals surface area contributed by atoms with Crippen molar-refractivity contribution >= 4 is 99.2 Å². The number of hydrogen-bond acceptors (Lipinski definition) is 20. The van der Waals surface area contributed by atoms with E-state index < -0.39 is 60.1 Å². The zero-order valence-corrected chi connectivity index (χ0v) is 34.7. The Kier molecular flexibility index (Phi) is 12.7. The van der Waals surface area contributed by atoms with E-state index in [1.807, 2.05) is 0 Å². The second kappa shape index (κ2) is 17.6. The normalized spacial score (nSPS) is 12.2. The van der Waals surface area contributed by atoms with Crippen LogP contribution in [0.4, 0.5) is 46.5 Å². The lowest BCUT2D eigenvalue weighted by atomic mass is 10.1. The summed E-state index contributed by atoms with van der Waals surface area (Å²) in [7, 11) is -16.5. The van der Waals surface area contributed by atoms with Gasteiger partial charge in [0.2, 0.25) is 23.8 Å². The van der Waals surface area contributed by atoms with Crippen molar-refractivity contribution in [2.24, 2.45) is 0 Å². The fourth-order valence-corrected chi connectivity index (χ4v) is 7.70. The maximum atomic E-state index is 12.6. The van der Waals surface area contributed by atoms with Crippen LogP contribution in [0.5, 0.6) is 12.0 Å². The van der Waals surface area contributed by atoms with Gasteiger partial charge in [0.15, 0.2) is 0 Å². The van der Waals surface area contributed by atoms with E-state index in [4.69, 9.17) is 9.47 Å². The van der Waals surface area contributed by atoms with Crippen molar-refractivity contribution < 1.29 is 61.4 Å². The molecule has 0 bridgehead atoms. The van der Waals surface area contributed by atoms with Gasteiger partial charge >= 0.3 is 12.0 Å². The molecule has 28 heteroatoms. The predicted molar refractivity (Wildman–Crippen MR) is 220 cm³/mol. The van der Waals surface area contributed by atoms with Crippen molar-refractivity contribution in [1.82, 2.24) is 29.9 Å². The molecule has 0 amide bonds. The fourth-order valence-electron chi connectivity index (χ4n) is 5.23. The molecule has 324 valence electrons. The highest BCUT2D eigenvalue weighted by Crippen LogP contribution is 2.29. The molecule has 0 unspecified atom stereocenters. The number of hydrogen-bond donors (Lipinski definition) is 8. The molecule has 8 N–H and O–H groups in total. The number of methoxy groups -OCH3 is 2. The Morgan fingerprint density at radius 2 is 0.758 bits per heavy atom. The van der Waals surface area contributed by atoms with Crippen LogP contribution in [0.2, 0.25) is 0 Å². The van der Waals surface area contributed by atoms with Crippen molar-refractivity contribution in [2.75, 3.05) is 35.5 Å². The van der Waals surface area contributed by atoms with Crippen LogP contribution in [0.15, 0.2) is 105 Å². The third kappa shape index (κ3) is 11.5. The maximum Gasteiger partial charge on any atom is 0.322 e. The Morgan fingerprint density at radius 1 is 0.435 bits per heavy atom. The molecule has 2 aromatic heterocycles. The fraction of sp³-hybridized carbons (Fsp3) is 0.0588. The van der Waals surface area contributed by atoms with Gasteiger partial charge in [-0.15, -0.1) is 0 Å². The third-order valence-corrected chi connectivity index (χ3v) is 11.4. The predicted octanol–water partition coefficient (Wildman–Crippen LogP) is 4.21. The van der Waals surface area contributed by atoms with Crippen LogP contribution in [-0.2, 0) is 40.5 Å². The van der Waals surface area contributed by atoms with Crippen LogP contribution >= 0.6 is 0 Å². The number of benzene rings is 4. The molecule has 0 aliphatic heterocycles. The summed E-state index contributed by atoms with van der Waals surface area (Å²) in [6.07, 6.45) is 2.31. The minimum atomic E-state index is -4.95. The lowest BCUT2D eigenvalue weighted by Gasteiger charge is -2.12. The van der Waals surface area contributed by atoms with Crippen molar-refractivity contribution in [3.8, 4) is 12.0 Å². The molecule has 0 atom stereocenters. The molecule has 4 aromatic carbocycles. The van der Waals surface area contributed by atoms with Crippen LogP contribution in [0.3, 0.4) is 0 Å². The van der Waals surface area contributed by atoms with E-state index in [2.05, 4.69) is 51.2 Å². The van der Waals surface area contributed by atoms with Gasteiger partial charge < -0.3 is 30.7 Å². The van der Waals surface area contributed by atoms with Gasteiger partial charge in [0.25, 0.3) is 40.5 Å². The first-order chi connectivity index (χ1) is 29.1. The van der Waals surface area contributed by atoms with E-state index in [0.717, 1.165) is 48.6 Å². The highest BCUT2D eigenvalue weighted by molar-refractivity contribution is 7.86. The number of aromatic nitrogens is 6. The summed E-state index contributed by atoms with van der Waals surface area (Å²) >= 11 is 0. The highest BCUT2D eigenvalue weighted by Gasteiger charge is 2.20. The number of rotatable bonds is 16. The lowest BCUT2D eigenvalue weighted by Crippen LogP contribution is -2.07. The molecule has 2 heterocycles. The van der Waals surface area contributed by atoms with E-state index in [0.29, 0.717) is 0 Å². The van der Waals surface area contributed by atoms with Gasteiger partial charge in [-0.3, -0.25) is 18.2 Å².